The molecule has 1 aromatic heterocycles. The lowest BCUT2D eigenvalue weighted by Crippen LogP contribution is -2.08. The number of benzene rings is 2. The van der Waals surface area contributed by atoms with Gasteiger partial charge in [-0.1, -0.05) is 6.07 Å². The van der Waals surface area contributed by atoms with Crippen molar-refractivity contribution < 1.29 is 0 Å². The molecule has 1 heterocycles. The maximum Gasteiger partial charge on any atom is 0.0455 e. The fourth-order valence-electron chi connectivity index (χ4n) is 2.16. The predicted molar refractivity (Wildman–Crippen MR) is 82.4 cm³/mol. The number of hydrogen-bond acceptors (Lipinski definition) is 2. The molecule has 0 aliphatic carbocycles. The third kappa shape index (κ3) is 2.40. The van der Waals surface area contributed by atoms with E-state index in [2.05, 4.69) is 63.7 Å². The lowest BCUT2D eigenvalue weighted by molar-refractivity contribution is 1.13. The Balaban J connectivity index is 1.89. The SMILES string of the molecule is CN(C)c1cccc(Nc2ccc3[nH]ccc3c2)c1. The lowest BCUT2D eigenvalue weighted by atomic mass is 10.2. The zero-order valence-electron chi connectivity index (χ0n) is 11.1. The number of aromatic amines is 1. The fraction of sp³-hybridized carbons (Fsp3) is 0.125. The summed E-state index contributed by atoms with van der Waals surface area (Å²) in [6, 6.07) is 16.8. The molecule has 3 heteroatoms. The molecule has 0 spiro atoms. The van der Waals surface area contributed by atoms with Gasteiger partial charge in [-0.05, 0) is 42.5 Å². The number of H-pyrrole nitrogens is 1. The van der Waals surface area contributed by atoms with Gasteiger partial charge in [-0.2, -0.15) is 0 Å². The number of nitrogens with one attached hydrogen (secondary N) is 2. The third-order valence-electron chi connectivity index (χ3n) is 3.20. The first-order chi connectivity index (χ1) is 9.22. The van der Waals surface area contributed by atoms with Gasteiger partial charge in [-0.3, -0.25) is 0 Å². The van der Waals surface area contributed by atoms with Crippen LogP contribution >= 0.6 is 0 Å². The van der Waals surface area contributed by atoms with Crippen LogP contribution in [0.3, 0.4) is 0 Å². The molecular weight excluding hydrogens is 234 g/mol. The minimum Gasteiger partial charge on any atom is -0.378 e. The zero-order chi connectivity index (χ0) is 13.2. The van der Waals surface area contributed by atoms with E-state index >= 15 is 0 Å². The molecule has 3 nitrogen and oxygen atoms in total. The Bertz CT molecular complexity index is 698. The van der Waals surface area contributed by atoms with E-state index in [-0.39, 0.29) is 0 Å². The van der Waals surface area contributed by atoms with Crippen LogP contribution in [0.2, 0.25) is 0 Å². The normalized spacial score (nSPS) is 10.6. The third-order valence-corrected chi connectivity index (χ3v) is 3.20. The van der Waals surface area contributed by atoms with Gasteiger partial charge in [0.2, 0.25) is 0 Å². The maximum atomic E-state index is 3.44. The summed E-state index contributed by atoms with van der Waals surface area (Å²) in [7, 11) is 4.09. The second-order valence-corrected chi connectivity index (χ2v) is 4.85. The molecule has 0 unspecified atom stereocenters. The molecule has 0 aliphatic rings. The van der Waals surface area contributed by atoms with Crippen molar-refractivity contribution in [3.63, 3.8) is 0 Å². The van der Waals surface area contributed by atoms with Crippen molar-refractivity contribution >= 4 is 28.0 Å². The highest BCUT2D eigenvalue weighted by atomic mass is 15.1. The van der Waals surface area contributed by atoms with Crippen LogP contribution in [0, 0.1) is 0 Å². The van der Waals surface area contributed by atoms with Gasteiger partial charge >= 0.3 is 0 Å². The van der Waals surface area contributed by atoms with Crippen molar-refractivity contribution in [1.82, 2.24) is 4.98 Å². The molecule has 3 rings (SSSR count). The number of anilines is 3. The second-order valence-electron chi connectivity index (χ2n) is 4.85. The van der Waals surface area contributed by atoms with E-state index in [1.807, 2.05) is 20.3 Å². The van der Waals surface area contributed by atoms with Gasteiger partial charge in [-0.15, -0.1) is 0 Å². The summed E-state index contributed by atoms with van der Waals surface area (Å²) in [5, 5.41) is 4.66. The van der Waals surface area contributed by atoms with Crippen molar-refractivity contribution in [2.24, 2.45) is 0 Å². The summed E-state index contributed by atoms with van der Waals surface area (Å²) < 4.78 is 0. The largest absolute Gasteiger partial charge is 0.378 e. The monoisotopic (exact) mass is 251 g/mol. The molecule has 19 heavy (non-hydrogen) atoms. The quantitative estimate of drug-likeness (QED) is 0.737. The minimum atomic E-state index is 1.10. The van der Waals surface area contributed by atoms with Crippen molar-refractivity contribution in [3.8, 4) is 0 Å². The Hall–Kier alpha value is -2.42. The van der Waals surface area contributed by atoms with E-state index in [0.29, 0.717) is 0 Å². The second kappa shape index (κ2) is 4.69. The van der Waals surface area contributed by atoms with E-state index in [0.717, 1.165) is 16.9 Å². The highest BCUT2D eigenvalue weighted by molar-refractivity contribution is 5.84. The van der Waals surface area contributed by atoms with Gasteiger partial charge in [0.05, 0.1) is 0 Å². The highest BCUT2D eigenvalue weighted by Crippen LogP contribution is 2.24. The predicted octanol–water partition coefficient (Wildman–Crippen LogP) is 3.98. The summed E-state index contributed by atoms with van der Waals surface area (Å²) >= 11 is 0. The first kappa shape index (κ1) is 11.7. The first-order valence-corrected chi connectivity index (χ1v) is 6.34. The smallest absolute Gasteiger partial charge is 0.0455 e. The van der Waals surface area contributed by atoms with Crippen molar-refractivity contribution in [2.45, 2.75) is 0 Å². The summed E-state index contributed by atoms with van der Waals surface area (Å²) in [4.78, 5) is 5.30. The number of aromatic nitrogens is 1. The average molecular weight is 251 g/mol. The molecular formula is C16H17N3. The number of nitrogens with zero attached hydrogens (tertiary/aromatic N) is 1. The molecule has 96 valence electrons. The van der Waals surface area contributed by atoms with Gasteiger partial charge in [-0.25, -0.2) is 0 Å². The maximum absolute atomic E-state index is 3.44. The molecule has 0 saturated carbocycles. The van der Waals surface area contributed by atoms with E-state index in [4.69, 9.17) is 0 Å². The van der Waals surface area contributed by atoms with Crippen LogP contribution in [0.1, 0.15) is 0 Å². The Morgan fingerprint density at radius 2 is 1.79 bits per heavy atom. The molecule has 0 amide bonds. The Labute approximate surface area is 112 Å². The summed E-state index contributed by atoms with van der Waals surface area (Å²) in [5.74, 6) is 0. The zero-order valence-corrected chi connectivity index (χ0v) is 11.1. The Morgan fingerprint density at radius 3 is 2.63 bits per heavy atom. The molecule has 0 fully saturated rings. The lowest BCUT2D eigenvalue weighted by Gasteiger charge is -2.14. The molecule has 2 aromatic carbocycles. The highest BCUT2D eigenvalue weighted by Gasteiger charge is 2.00. The number of fused-ring (bicyclic) bond motifs is 1. The average Bonchev–Trinajstić information content (AvgIpc) is 2.86. The van der Waals surface area contributed by atoms with E-state index in [9.17, 15) is 0 Å². The van der Waals surface area contributed by atoms with Crippen LogP contribution in [0.15, 0.2) is 54.7 Å². The fourth-order valence-corrected chi connectivity index (χ4v) is 2.16. The van der Waals surface area contributed by atoms with E-state index < -0.39 is 0 Å². The molecule has 0 atom stereocenters. The van der Waals surface area contributed by atoms with Crippen molar-refractivity contribution in [2.75, 3.05) is 24.3 Å². The molecule has 0 saturated heterocycles. The van der Waals surface area contributed by atoms with Crippen LogP contribution in [0.25, 0.3) is 10.9 Å². The standard InChI is InChI=1S/C16H17N3/c1-19(2)15-5-3-4-13(11-15)18-14-6-7-16-12(10-14)8-9-17-16/h3-11,17-18H,1-2H3. The molecule has 2 N–H and O–H groups in total. The Morgan fingerprint density at radius 1 is 0.947 bits per heavy atom. The van der Waals surface area contributed by atoms with Crippen LogP contribution in [-0.4, -0.2) is 19.1 Å². The van der Waals surface area contributed by atoms with Crippen molar-refractivity contribution in [1.29, 1.82) is 0 Å². The van der Waals surface area contributed by atoms with E-state index in [1.54, 1.807) is 0 Å². The molecule has 3 aromatic rings. The van der Waals surface area contributed by atoms with Crippen LogP contribution in [-0.2, 0) is 0 Å². The van der Waals surface area contributed by atoms with Crippen LogP contribution in [0.5, 0.6) is 0 Å². The van der Waals surface area contributed by atoms with Gasteiger partial charge in [0, 0.05) is 48.3 Å². The Kier molecular flexibility index (Phi) is 2.88. The number of rotatable bonds is 3. The molecule has 0 aliphatic heterocycles. The summed E-state index contributed by atoms with van der Waals surface area (Å²) in [6.45, 7) is 0. The van der Waals surface area contributed by atoms with E-state index in [1.165, 1.54) is 11.1 Å². The first-order valence-electron chi connectivity index (χ1n) is 6.34. The van der Waals surface area contributed by atoms with Gasteiger partial charge < -0.3 is 15.2 Å². The topological polar surface area (TPSA) is 31.1 Å². The molecule has 0 radical (unpaired) electrons. The molecule has 0 bridgehead atoms. The van der Waals surface area contributed by atoms with Gasteiger partial charge in [0.25, 0.3) is 0 Å². The summed E-state index contributed by atoms with van der Waals surface area (Å²) in [6.07, 6.45) is 1.96. The number of hydrogen-bond donors (Lipinski definition) is 2. The van der Waals surface area contributed by atoms with Crippen molar-refractivity contribution in [3.05, 3.63) is 54.7 Å². The van der Waals surface area contributed by atoms with Gasteiger partial charge in [0.15, 0.2) is 0 Å². The van der Waals surface area contributed by atoms with Crippen LogP contribution in [0.4, 0.5) is 17.1 Å². The minimum absolute atomic E-state index is 1.10. The summed E-state index contributed by atoms with van der Waals surface area (Å²) in [5.41, 5.74) is 4.55. The van der Waals surface area contributed by atoms with Crippen LogP contribution < -0.4 is 10.2 Å². The van der Waals surface area contributed by atoms with Gasteiger partial charge in [0.1, 0.15) is 0 Å².